The van der Waals surface area contributed by atoms with Crippen molar-refractivity contribution >= 4 is 34.1 Å². The Morgan fingerprint density at radius 1 is 1.24 bits per heavy atom. The van der Waals surface area contributed by atoms with E-state index in [1.807, 2.05) is 0 Å². The maximum atomic E-state index is 15.9. The number of ether oxygens (including phenoxy) is 1. The van der Waals surface area contributed by atoms with Gasteiger partial charge < -0.3 is 15.8 Å². The van der Waals surface area contributed by atoms with Gasteiger partial charge in [0, 0.05) is 23.1 Å². The lowest BCUT2D eigenvalue weighted by atomic mass is 9.90. The summed E-state index contributed by atoms with van der Waals surface area (Å²) in [5.41, 5.74) is 2.20. The molecule has 3 rings (SSSR count). The summed E-state index contributed by atoms with van der Waals surface area (Å²) in [7, 11) is 1.23. The van der Waals surface area contributed by atoms with Crippen LogP contribution in [0.5, 0.6) is 6.01 Å². The van der Waals surface area contributed by atoms with Crippen LogP contribution < -0.4 is 15.8 Å². The van der Waals surface area contributed by atoms with Crippen molar-refractivity contribution in [3.05, 3.63) is 52.1 Å². The van der Waals surface area contributed by atoms with Crippen molar-refractivity contribution in [3.63, 3.8) is 0 Å². The van der Waals surface area contributed by atoms with E-state index in [2.05, 4.69) is 15.3 Å². The number of thioether (sulfide) groups is 1. The fourth-order valence-corrected chi connectivity index (χ4v) is 3.74. The molecule has 0 saturated heterocycles. The van der Waals surface area contributed by atoms with Gasteiger partial charge in [0.1, 0.15) is 23.2 Å². The van der Waals surface area contributed by atoms with Crippen LogP contribution in [-0.2, 0) is 6.18 Å². The van der Waals surface area contributed by atoms with Crippen molar-refractivity contribution in [2.45, 2.75) is 13.1 Å². The Morgan fingerprint density at radius 3 is 2.50 bits per heavy atom. The zero-order valence-electron chi connectivity index (χ0n) is 18.1. The summed E-state index contributed by atoms with van der Waals surface area (Å²) < 4.78 is 77.6. The summed E-state index contributed by atoms with van der Waals surface area (Å²) in [5, 5.41) is 12.1. The van der Waals surface area contributed by atoms with Crippen molar-refractivity contribution in [2.75, 3.05) is 25.2 Å². The quantitative estimate of drug-likeness (QED) is 0.342. The molecule has 1 heterocycles. The Balaban J connectivity index is 2.55. The first kappa shape index (κ1) is 25.0. The van der Waals surface area contributed by atoms with Crippen molar-refractivity contribution in [1.82, 2.24) is 9.97 Å². The van der Waals surface area contributed by atoms with Crippen LogP contribution in [0.25, 0.3) is 27.6 Å². The average Bonchev–Trinajstić information content (AvgIpc) is 2.79. The highest BCUT2D eigenvalue weighted by atomic mass is 32.2. The molecule has 0 bridgehead atoms. The van der Waals surface area contributed by atoms with Crippen LogP contribution in [0.2, 0.25) is 0 Å². The van der Waals surface area contributed by atoms with Gasteiger partial charge in [0.15, 0.2) is 5.82 Å². The molecule has 12 heteroatoms. The van der Waals surface area contributed by atoms with E-state index in [4.69, 9.17) is 10.5 Å². The third-order valence-corrected chi connectivity index (χ3v) is 5.49. The van der Waals surface area contributed by atoms with E-state index in [1.54, 1.807) is 13.0 Å². The summed E-state index contributed by atoms with van der Waals surface area (Å²) in [6.07, 6.45) is -3.48. The van der Waals surface area contributed by atoms with Crippen LogP contribution in [0.1, 0.15) is 18.1 Å². The largest absolute Gasteiger partial charge is 0.467 e. The molecule has 0 radical (unpaired) electrons. The van der Waals surface area contributed by atoms with Gasteiger partial charge in [-0.15, -0.1) is 11.8 Å². The van der Waals surface area contributed by atoms with Gasteiger partial charge in [-0.05, 0) is 36.9 Å². The van der Waals surface area contributed by atoms with Crippen molar-refractivity contribution < 1.29 is 26.7 Å². The second-order valence-electron chi connectivity index (χ2n) is 6.84. The van der Waals surface area contributed by atoms with Gasteiger partial charge in [-0.25, -0.2) is 8.78 Å². The number of halogens is 5. The minimum absolute atomic E-state index is 0.0520. The minimum atomic E-state index is -5.01. The number of hydrogen-bond donors (Lipinski definition) is 2. The summed E-state index contributed by atoms with van der Waals surface area (Å²) in [5.74, 6) is -2.23. The Hall–Kier alpha value is -3.59. The third-order valence-electron chi connectivity index (χ3n) is 4.84. The molecule has 0 saturated carbocycles. The Labute approximate surface area is 195 Å². The molecular weight excluding hydrogens is 477 g/mol. The molecule has 0 spiro atoms. The van der Waals surface area contributed by atoms with E-state index in [1.165, 1.54) is 13.4 Å². The molecule has 0 unspecified atom stereocenters. The number of alkyl halides is 3. The van der Waals surface area contributed by atoms with Crippen molar-refractivity contribution in [2.24, 2.45) is 5.73 Å². The van der Waals surface area contributed by atoms with E-state index >= 15 is 4.39 Å². The highest BCUT2D eigenvalue weighted by Gasteiger charge is 2.38. The fourth-order valence-electron chi connectivity index (χ4n) is 3.38. The maximum Gasteiger partial charge on any atom is 0.417 e. The van der Waals surface area contributed by atoms with Gasteiger partial charge in [0.25, 0.3) is 0 Å². The van der Waals surface area contributed by atoms with Crippen molar-refractivity contribution in [1.29, 1.82) is 5.26 Å². The van der Waals surface area contributed by atoms with E-state index in [-0.39, 0.29) is 45.5 Å². The first-order chi connectivity index (χ1) is 16.1. The number of allylic oxidation sites excluding steroid dienone is 1. The lowest BCUT2D eigenvalue weighted by Crippen LogP contribution is -2.12. The Bertz CT molecular complexity index is 1330. The summed E-state index contributed by atoms with van der Waals surface area (Å²) in [6, 6.07) is 4.90. The highest BCUT2D eigenvalue weighted by molar-refractivity contribution is 8.02. The lowest BCUT2D eigenvalue weighted by molar-refractivity contribution is -0.137. The topological polar surface area (TPSA) is 96.9 Å². The van der Waals surface area contributed by atoms with Crippen LogP contribution in [0.4, 0.5) is 27.8 Å². The van der Waals surface area contributed by atoms with Crippen LogP contribution in [0.15, 0.2) is 29.3 Å². The monoisotopic (exact) mass is 495 g/mol. The number of anilines is 1. The molecule has 3 N–H and O–H groups in total. The van der Waals surface area contributed by atoms with Crippen LogP contribution in [-0.4, -0.2) is 29.9 Å². The lowest BCUT2D eigenvalue weighted by Gasteiger charge is -2.19. The minimum Gasteiger partial charge on any atom is -0.467 e. The smallest absolute Gasteiger partial charge is 0.417 e. The molecule has 1 aromatic heterocycles. The first-order valence-electron chi connectivity index (χ1n) is 9.70. The number of hydrogen-bond acceptors (Lipinski definition) is 7. The number of methoxy groups -OCH3 is 1. The van der Waals surface area contributed by atoms with E-state index in [0.29, 0.717) is 6.07 Å². The highest BCUT2D eigenvalue weighted by Crippen LogP contribution is 2.45. The van der Waals surface area contributed by atoms with Crippen LogP contribution in [0.3, 0.4) is 0 Å². The zero-order chi connectivity index (χ0) is 25.2. The molecule has 0 aliphatic carbocycles. The number of rotatable bonds is 6. The summed E-state index contributed by atoms with van der Waals surface area (Å²) >= 11 is 0.942. The molecule has 0 aliphatic rings. The molecule has 0 amide bonds. The molecule has 0 atom stereocenters. The first-order valence-corrected chi connectivity index (χ1v) is 10.9. The molecule has 178 valence electrons. The number of nitrogens with zero attached hydrogens (tertiary/aromatic N) is 3. The van der Waals surface area contributed by atoms with E-state index in [9.17, 15) is 22.8 Å². The zero-order valence-corrected chi connectivity index (χ0v) is 19.0. The Kier molecular flexibility index (Phi) is 7.16. The van der Waals surface area contributed by atoms with Gasteiger partial charge >= 0.3 is 12.2 Å². The second kappa shape index (κ2) is 9.72. The molecule has 0 fully saturated rings. The fraction of sp³-hybridized carbons (Fsp3) is 0.227. The molecule has 2 aromatic carbocycles. The van der Waals surface area contributed by atoms with Crippen molar-refractivity contribution in [3.8, 4) is 23.2 Å². The van der Waals surface area contributed by atoms with Gasteiger partial charge in [-0.1, -0.05) is 6.07 Å². The number of benzene rings is 2. The van der Waals surface area contributed by atoms with Gasteiger partial charge in [0.05, 0.1) is 23.3 Å². The van der Waals surface area contributed by atoms with Gasteiger partial charge in [-0.2, -0.15) is 28.4 Å². The molecule has 3 aromatic rings. The Morgan fingerprint density at radius 2 is 1.94 bits per heavy atom. The number of nitrogens with one attached hydrogen (secondary N) is 1. The number of fused-ring (bicyclic) bond motifs is 1. The third kappa shape index (κ3) is 4.56. The van der Waals surface area contributed by atoms with E-state index in [0.717, 1.165) is 30.0 Å². The number of nitrogens with two attached hydrogens (primary N) is 1. The average molecular weight is 495 g/mol. The van der Waals surface area contributed by atoms with E-state index < -0.39 is 34.5 Å². The second-order valence-corrected chi connectivity index (χ2v) is 7.69. The molecule has 6 nitrogen and oxygen atoms in total. The number of aromatic nitrogens is 2. The SMILES string of the molecule is CCNc1nc(OC)nc2c(F)c(-c3ccc(F)cc3/C(C#N)=C(/N)SC)c(C(F)(F)F)cc12. The summed E-state index contributed by atoms with van der Waals surface area (Å²) in [6.45, 7) is 1.97. The molecule has 34 heavy (non-hydrogen) atoms. The summed E-state index contributed by atoms with van der Waals surface area (Å²) in [4.78, 5) is 7.90. The van der Waals surface area contributed by atoms with Gasteiger partial charge in [0.2, 0.25) is 0 Å². The molecular formula is C22H18F5N5OS. The predicted octanol–water partition coefficient (Wildman–Crippen LogP) is 5.55. The van der Waals surface area contributed by atoms with Gasteiger partial charge in [-0.3, -0.25) is 0 Å². The number of nitriles is 1. The van der Waals surface area contributed by atoms with Crippen LogP contribution in [0, 0.1) is 23.0 Å². The predicted molar refractivity (Wildman–Crippen MR) is 121 cm³/mol. The molecule has 0 aliphatic heterocycles. The normalized spacial score (nSPS) is 12.3. The maximum absolute atomic E-state index is 15.9. The van der Waals surface area contributed by atoms with Crippen LogP contribution >= 0.6 is 11.8 Å². The standard InChI is InChI=1S/C22H18F5N5OS/c1-4-30-20-13-8-15(22(25,26)27)16(17(24)18(13)31-21(32-20)33-2)11-6-5-10(23)7-12(11)14(9-28)19(29)34-3/h5-8H,4,29H2,1-3H3,(H,30,31,32)/b19-14-.